The van der Waals surface area contributed by atoms with Crippen molar-refractivity contribution in [2.75, 3.05) is 28.4 Å². The van der Waals surface area contributed by atoms with Crippen LogP contribution < -0.4 is 0 Å². The number of carbonyl (C=O) groups is 6. The number of hydrogen-bond donors (Lipinski definition) is 12. The number of carboxylic acid groups (broad SMARTS) is 1. The lowest BCUT2D eigenvalue weighted by atomic mass is 9.80. The summed E-state index contributed by atoms with van der Waals surface area (Å²) in [5, 5.41) is 115. The molecule has 107 heavy (non-hydrogen) atoms. The zero-order valence-corrected chi connectivity index (χ0v) is 62.4. The van der Waals surface area contributed by atoms with E-state index in [-0.39, 0.29) is 90.4 Å². The fourth-order valence-corrected chi connectivity index (χ4v) is 16.2. The van der Waals surface area contributed by atoms with Crippen LogP contribution in [0.25, 0.3) is 0 Å². The van der Waals surface area contributed by atoms with Gasteiger partial charge < -0.3 is 118 Å². The maximum absolute atomic E-state index is 12.7. The number of ether oxygens (including phenoxy) is 12. The monoisotopic (exact) mass is 1560 g/mol. The number of aliphatic hydroxyl groups excluding tert-OH is 7. The zero-order valence-electron chi connectivity index (χ0n) is 60.7. The Bertz CT molecular complexity index is 3830. The van der Waals surface area contributed by atoms with Crippen molar-refractivity contribution in [1.82, 2.24) is 0 Å². The normalized spacial score (nSPS) is 37.7. The highest BCUT2D eigenvalue weighted by atomic mass is 32.2. The van der Waals surface area contributed by atoms with Crippen molar-refractivity contribution in [3.05, 3.63) is 83.0 Å². The molecule has 12 N–H and O–H groups in total. The number of methoxy groups -OCH3 is 4. The second-order valence-electron chi connectivity index (χ2n) is 29.3. The first-order valence-corrected chi connectivity index (χ1v) is 36.9. The second-order valence-corrected chi connectivity index (χ2v) is 32.4. The second kappa shape index (κ2) is 33.0. The Morgan fingerprint density at radius 2 is 0.841 bits per heavy atom. The van der Waals surface area contributed by atoms with Gasteiger partial charge in [0.25, 0.3) is 20.2 Å². The smallest absolute Gasteiger partial charge is 0.338 e. The number of aryl methyl sites for hydroxylation is 2. The van der Waals surface area contributed by atoms with Crippen molar-refractivity contribution in [3.8, 4) is 0 Å². The molecule has 0 aromatic heterocycles. The minimum Gasteiger partial charge on any atom is -0.479 e. The van der Waals surface area contributed by atoms with E-state index in [1.165, 1.54) is 51.7 Å². The lowest BCUT2D eigenvalue weighted by Crippen LogP contribution is -2.56. The molecular weight excluding hydrogens is 1470 g/mol. The molecule has 5 aliphatic heterocycles. The van der Waals surface area contributed by atoms with Gasteiger partial charge in [-0.3, -0.25) is 8.37 Å². The number of rotatable bonds is 11. The maximum Gasteiger partial charge on any atom is 0.338 e. The predicted molar refractivity (Wildman–Crippen MR) is 356 cm³/mol. The molecule has 13 rings (SSSR count). The predicted octanol–water partition coefficient (Wildman–Crippen LogP) is -1.60. The lowest BCUT2D eigenvalue weighted by Gasteiger charge is -2.39. The standard InChI is InChI=1S/C18H24O8S.C15H18O7S.C11H18O6.C10H14O5.C8H10O4.C7H12O6/c1-11-5-7-12(8-6-11)27(21,22)26-14-10-18(20,16(19)23-4)9-13-15(14)25-17(2,3)24-13;1-9-3-5-11(6-4-9)23(19,20)22-13-8-10(15(18)21-2)7-12(16)14(13)17;1-10(2)16-7-5-11(14,9(13)15-3)4-6(12)8(7)17-10;1-9(2)14-6-4-10(12)3-5(7(6)15-9)13-8(10)11;1-11-8(10)4-2-5(9)7-6(3-4)12-7;8-3-1-7(13,6(11)12)2-4(9)5(3)10/h5-8,13-15,20H,9-10H2,1-4H3;3-7,12-14,16-17H,8H2,1-2H3;6-8,12,14H,4-5H2,1-3H3;5-7,12H,3-4H2,1-2H3;2,5-7,9H,3H2,1H3;3-5,8-10,13H,1-2H2,(H,11,12)/t13-,14-,15-,18+;12-,13-,14-;6-,7-,8+,11-;5-,6-,7+,10-;5-,6+,7-;3-,4-,5?,7?/m111111/s1. The lowest BCUT2D eigenvalue weighted by molar-refractivity contribution is -0.187. The van der Waals surface area contributed by atoms with E-state index < -0.39 is 182 Å². The van der Waals surface area contributed by atoms with Gasteiger partial charge in [-0.05, 0) is 91.8 Å². The van der Waals surface area contributed by atoms with Crippen LogP contribution in [0.15, 0.2) is 81.6 Å². The van der Waals surface area contributed by atoms with Gasteiger partial charge in [0.1, 0.15) is 67.1 Å². The Morgan fingerprint density at radius 3 is 1.30 bits per heavy atom. The molecule has 36 nitrogen and oxygen atoms in total. The van der Waals surface area contributed by atoms with Gasteiger partial charge in [-0.15, -0.1) is 0 Å². The Labute approximate surface area is 616 Å². The molecule has 0 spiro atoms. The summed E-state index contributed by atoms with van der Waals surface area (Å²) in [4.78, 5) is 68.0. The van der Waals surface area contributed by atoms with Gasteiger partial charge in [-0.1, -0.05) is 35.4 Å². The first kappa shape index (κ1) is 86.4. The van der Waals surface area contributed by atoms with Crippen molar-refractivity contribution in [3.63, 3.8) is 0 Å². The van der Waals surface area contributed by atoms with Crippen molar-refractivity contribution >= 4 is 56.1 Å². The fourth-order valence-electron chi connectivity index (χ4n) is 14.0. The third-order valence-corrected chi connectivity index (χ3v) is 22.1. The van der Waals surface area contributed by atoms with Crippen LogP contribution in [0.2, 0.25) is 0 Å². The minimum atomic E-state index is -4.14. The molecule has 9 fully saturated rings. The third kappa shape index (κ3) is 20.5. The van der Waals surface area contributed by atoms with Gasteiger partial charge in [0, 0.05) is 75.4 Å². The van der Waals surface area contributed by atoms with E-state index in [0.29, 0.717) is 18.4 Å². The van der Waals surface area contributed by atoms with Gasteiger partial charge in [0.2, 0.25) is 0 Å². The maximum atomic E-state index is 12.7. The van der Waals surface area contributed by atoms with E-state index in [1.54, 1.807) is 52.0 Å². The number of carbonyl (C=O) groups excluding carboxylic acids is 5. The molecule has 600 valence electrons. The number of esters is 5. The van der Waals surface area contributed by atoms with E-state index >= 15 is 0 Å². The average molecular weight is 1570 g/mol. The molecule has 6 aliphatic carbocycles. The summed E-state index contributed by atoms with van der Waals surface area (Å²) < 4.78 is 123. The number of hydrogen-bond acceptors (Lipinski definition) is 35. The number of benzene rings is 2. The number of aliphatic hydroxyl groups is 11. The number of epoxide rings is 1. The molecule has 38 heteroatoms. The summed E-state index contributed by atoms with van der Waals surface area (Å²) in [7, 11) is -3.42. The summed E-state index contributed by atoms with van der Waals surface area (Å²) in [6, 6.07) is 12.2. The number of aliphatic carboxylic acids is 1. The Morgan fingerprint density at radius 1 is 0.439 bits per heavy atom. The molecule has 4 saturated carbocycles. The highest BCUT2D eigenvalue weighted by Gasteiger charge is 2.64. The van der Waals surface area contributed by atoms with Crippen LogP contribution in [0, 0.1) is 13.8 Å². The van der Waals surface area contributed by atoms with Crippen molar-refractivity contribution in [2.24, 2.45) is 0 Å². The summed E-state index contributed by atoms with van der Waals surface area (Å²) in [6.07, 6.45) is -12.1. The summed E-state index contributed by atoms with van der Waals surface area (Å²) >= 11 is 0. The Hall–Kier alpha value is -6.16. The van der Waals surface area contributed by atoms with Crippen LogP contribution in [0.1, 0.15) is 117 Å². The largest absolute Gasteiger partial charge is 0.479 e. The number of carboxylic acids is 1. The molecule has 0 radical (unpaired) electrons. The summed E-state index contributed by atoms with van der Waals surface area (Å²) in [5.41, 5.74) is -4.76. The van der Waals surface area contributed by atoms with Gasteiger partial charge in [-0.2, -0.15) is 16.8 Å². The first-order chi connectivity index (χ1) is 49.5. The first-order valence-electron chi connectivity index (χ1n) is 34.0. The van der Waals surface area contributed by atoms with Crippen LogP contribution >= 0.6 is 0 Å². The number of fused-ring (bicyclic) bond motifs is 7. The molecule has 2 aromatic carbocycles. The molecule has 5 heterocycles. The summed E-state index contributed by atoms with van der Waals surface area (Å²) in [5.74, 6) is -7.18. The molecule has 0 unspecified atom stereocenters. The highest BCUT2D eigenvalue weighted by Crippen LogP contribution is 2.48. The van der Waals surface area contributed by atoms with Crippen molar-refractivity contribution < 1.29 is 172 Å². The molecule has 2 bridgehead atoms. The quantitative estimate of drug-likeness (QED) is 0.0522. The molecule has 11 aliphatic rings. The third-order valence-electron chi connectivity index (χ3n) is 19.4. The van der Waals surface area contributed by atoms with Crippen molar-refractivity contribution in [1.29, 1.82) is 0 Å². The molecule has 0 amide bonds. The van der Waals surface area contributed by atoms with Crippen LogP contribution in [0.3, 0.4) is 0 Å². The highest BCUT2D eigenvalue weighted by molar-refractivity contribution is 7.87. The van der Waals surface area contributed by atoms with E-state index in [0.717, 1.165) is 24.3 Å². The van der Waals surface area contributed by atoms with Gasteiger partial charge in [0.05, 0.1) is 81.0 Å². The topological polar surface area (TPSA) is 546 Å². The molecule has 5 saturated heterocycles. The molecule has 2 aromatic rings. The van der Waals surface area contributed by atoms with Gasteiger partial charge in [-0.25, -0.2) is 28.8 Å². The average Bonchev–Trinajstić information content (AvgIpc) is 1.62. The SMILES string of the molecule is CC1(C)O[C@H]2[C@H]3C[C@@](O)(C[C@H]2O1)C(=O)O3.COC(=O)C1=C[C@@H](O)[C@@H](O)[C@H](OS(=O)(=O)c2ccc(C)cc2)C1.COC(=O)C1=C[C@@H](O)[C@H]2O[C@H]2C1.COC(=O)[C@@]1(O)C[C@@H](O)[C@@H]2OC(C)(C)O[C@@H]2C1.COC(=O)[C@]1(O)C[C@H]2OC(C)(C)O[C@H]2[C@H](OS(=O)(=O)c2ccc(C)cc2)C1.O=C(O)C1(O)C[C@@H](O)C(O)[C@H](O)C1. The minimum absolute atomic E-state index is 0.0185. The van der Waals surface area contributed by atoms with E-state index in [4.69, 9.17) is 66.7 Å². The fraction of sp³-hybridized carbons (Fsp3) is 0.681. The molecular formula is C69H96O36S2. The molecule has 20 atom stereocenters. The van der Waals surface area contributed by atoms with E-state index in [2.05, 4.69) is 18.9 Å². The van der Waals surface area contributed by atoms with Gasteiger partial charge >= 0.3 is 35.8 Å². The van der Waals surface area contributed by atoms with E-state index in [9.17, 15) is 86.5 Å². The van der Waals surface area contributed by atoms with Gasteiger partial charge in [0.15, 0.2) is 39.8 Å². The summed E-state index contributed by atoms with van der Waals surface area (Å²) in [6.45, 7) is 14.1. The van der Waals surface area contributed by atoms with E-state index in [1.807, 2.05) is 27.7 Å². The Kier molecular flexibility index (Phi) is 26.7. The zero-order chi connectivity index (χ0) is 79.9. The van der Waals surface area contributed by atoms with Crippen LogP contribution in [-0.4, -0.2) is 292 Å². The van der Waals surface area contributed by atoms with Crippen LogP contribution in [-0.2, 0) is 114 Å². The van der Waals surface area contributed by atoms with Crippen molar-refractivity contribution in [2.45, 2.75) is 279 Å². The van der Waals surface area contributed by atoms with Crippen LogP contribution in [0.5, 0.6) is 0 Å². The Balaban J connectivity index is 0.000000166. The van der Waals surface area contributed by atoms with Crippen LogP contribution in [0.4, 0.5) is 0 Å².